The second kappa shape index (κ2) is 5.91. The normalized spacial score (nSPS) is 13.9. The molecule has 1 heterocycles. The predicted molar refractivity (Wildman–Crippen MR) is 91.9 cm³/mol. The number of carbonyl (C=O) groups is 1. The van der Waals surface area contributed by atoms with Gasteiger partial charge in [-0.25, -0.2) is 4.98 Å². The van der Waals surface area contributed by atoms with Gasteiger partial charge in [-0.15, -0.1) is 11.3 Å². The highest BCUT2D eigenvalue weighted by atomic mass is 35.5. The van der Waals surface area contributed by atoms with Gasteiger partial charge in [0.1, 0.15) is 4.75 Å². The van der Waals surface area contributed by atoms with Crippen molar-refractivity contribution in [3.8, 4) is 0 Å². The Bertz CT molecular complexity index is 835. The second-order valence-corrected chi connectivity index (χ2v) is 8.03. The van der Waals surface area contributed by atoms with Gasteiger partial charge in [-0.05, 0) is 30.7 Å². The molecule has 112 valence electrons. The summed E-state index contributed by atoms with van der Waals surface area (Å²) in [5.41, 5.74) is 1.53. The van der Waals surface area contributed by atoms with Crippen LogP contribution in [0.15, 0.2) is 52.9 Å². The number of halogens is 1. The lowest BCUT2D eigenvalue weighted by atomic mass is 10.0. The molecule has 0 saturated carbocycles. The van der Waals surface area contributed by atoms with Gasteiger partial charge in [-0.1, -0.05) is 53.7 Å². The Morgan fingerprint density at radius 3 is 2.68 bits per heavy atom. The number of aromatic nitrogens is 1. The van der Waals surface area contributed by atoms with Gasteiger partial charge in [0.2, 0.25) is 0 Å². The molecule has 0 aliphatic heterocycles. The fraction of sp³-hybridized carbons (Fsp3) is 0.125. The molecule has 2 aromatic carbocycles. The van der Waals surface area contributed by atoms with Crippen molar-refractivity contribution >= 4 is 50.9 Å². The third-order valence-corrected chi connectivity index (χ3v) is 6.00. The highest BCUT2D eigenvalue weighted by molar-refractivity contribution is 8.02. The van der Waals surface area contributed by atoms with E-state index in [1.54, 1.807) is 13.0 Å². The van der Waals surface area contributed by atoms with Crippen LogP contribution in [0.4, 0.5) is 0 Å². The van der Waals surface area contributed by atoms with Crippen molar-refractivity contribution in [3.05, 3.63) is 59.1 Å². The van der Waals surface area contributed by atoms with Gasteiger partial charge in [0.05, 0.1) is 10.2 Å². The van der Waals surface area contributed by atoms with Crippen LogP contribution in [0, 0.1) is 0 Å². The van der Waals surface area contributed by atoms with Crippen molar-refractivity contribution in [2.45, 2.75) is 16.0 Å². The largest absolute Gasteiger partial charge is 0.480 e. The molecule has 0 amide bonds. The molecule has 22 heavy (non-hydrogen) atoms. The standard InChI is InChI=1S/C16H12ClNO2S2/c1-16(14(19)20,10-5-3-2-4-6-10)22-15-18-12-9-11(17)7-8-13(12)21-15/h2-9H,1H3,(H,19,20). The molecule has 0 fully saturated rings. The van der Waals surface area contributed by atoms with Gasteiger partial charge in [0.25, 0.3) is 0 Å². The Kier molecular flexibility index (Phi) is 4.12. The van der Waals surface area contributed by atoms with E-state index in [0.29, 0.717) is 9.36 Å². The number of rotatable bonds is 4. The maximum absolute atomic E-state index is 11.8. The minimum Gasteiger partial charge on any atom is -0.480 e. The molecule has 1 unspecified atom stereocenters. The summed E-state index contributed by atoms with van der Waals surface area (Å²) < 4.78 is 0.623. The van der Waals surface area contributed by atoms with Crippen molar-refractivity contribution in [1.29, 1.82) is 0 Å². The number of carboxylic acids is 1. The van der Waals surface area contributed by atoms with Gasteiger partial charge in [-0.3, -0.25) is 4.79 Å². The predicted octanol–water partition coefficient (Wildman–Crippen LogP) is 5.04. The van der Waals surface area contributed by atoms with Crippen LogP contribution < -0.4 is 0 Å². The first-order valence-corrected chi connectivity index (χ1v) is 8.54. The number of carboxylic acid groups (broad SMARTS) is 1. The average Bonchev–Trinajstić information content (AvgIpc) is 2.89. The van der Waals surface area contributed by atoms with E-state index in [2.05, 4.69) is 4.98 Å². The molecule has 0 bridgehead atoms. The molecule has 0 saturated heterocycles. The average molecular weight is 350 g/mol. The van der Waals surface area contributed by atoms with Gasteiger partial charge in [0.15, 0.2) is 4.34 Å². The molecule has 1 atom stereocenters. The van der Waals surface area contributed by atoms with E-state index in [0.717, 1.165) is 15.8 Å². The molecule has 0 aliphatic rings. The van der Waals surface area contributed by atoms with E-state index in [4.69, 9.17) is 11.6 Å². The SMILES string of the molecule is CC(Sc1nc2cc(Cl)ccc2s1)(C(=O)O)c1ccccc1. The van der Waals surface area contributed by atoms with Gasteiger partial charge in [-0.2, -0.15) is 0 Å². The molecular formula is C16H12ClNO2S2. The van der Waals surface area contributed by atoms with Crippen LogP contribution >= 0.6 is 34.7 Å². The Morgan fingerprint density at radius 1 is 1.27 bits per heavy atom. The number of thiazole rings is 1. The summed E-state index contributed by atoms with van der Waals surface area (Å²) in [6.45, 7) is 1.70. The molecule has 3 aromatic rings. The third kappa shape index (κ3) is 2.84. The van der Waals surface area contributed by atoms with E-state index in [1.165, 1.54) is 23.1 Å². The summed E-state index contributed by atoms with van der Waals surface area (Å²) in [5, 5.41) is 10.3. The smallest absolute Gasteiger partial charge is 0.324 e. The van der Waals surface area contributed by atoms with Crippen molar-refractivity contribution < 1.29 is 9.90 Å². The number of fused-ring (bicyclic) bond motifs is 1. The summed E-state index contributed by atoms with van der Waals surface area (Å²) in [4.78, 5) is 16.3. The zero-order valence-corrected chi connectivity index (χ0v) is 14.0. The van der Waals surface area contributed by atoms with Gasteiger partial charge in [0, 0.05) is 5.02 Å². The molecule has 1 N–H and O–H groups in total. The minimum absolute atomic E-state index is 0.624. The van der Waals surface area contributed by atoms with Crippen LogP contribution in [0.2, 0.25) is 5.02 Å². The number of nitrogens with zero attached hydrogens (tertiary/aromatic N) is 1. The number of thioether (sulfide) groups is 1. The Hall–Kier alpha value is -1.56. The van der Waals surface area contributed by atoms with E-state index in [-0.39, 0.29) is 0 Å². The fourth-order valence-corrected chi connectivity index (χ4v) is 4.69. The Labute approximate surface area is 141 Å². The maximum Gasteiger partial charge on any atom is 0.324 e. The highest BCUT2D eigenvalue weighted by Crippen LogP contribution is 2.44. The number of aliphatic carboxylic acids is 1. The fourth-order valence-electron chi connectivity index (χ4n) is 2.08. The molecule has 3 nitrogen and oxygen atoms in total. The van der Waals surface area contributed by atoms with Crippen LogP contribution in [0.3, 0.4) is 0 Å². The van der Waals surface area contributed by atoms with Crippen molar-refractivity contribution in [1.82, 2.24) is 4.98 Å². The van der Waals surface area contributed by atoms with Crippen molar-refractivity contribution in [2.75, 3.05) is 0 Å². The molecule has 0 aliphatic carbocycles. The van der Waals surface area contributed by atoms with E-state index >= 15 is 0 Å². The zero-order chi connectivity index (χ0) is 15.7. The van der Waals surface area contributed by atoms with Crippen LogP contribution in [0.1, 0.15) is 12.5 Å². The quantitative estimate of drug-likeness (QED) is 0.670. The summed E-state index contributed by atoms with van der Waals surface area (Å²) >= 11 is 8.69. The first-order chi connectivity index (χ1) is 10.5. The minimum atomic E-state index is -1.08. The second-order valence-electron chi connectivity index (χ2n) is 4.90. The number of benzene rings is 2. The highest BCUT2D eigenvalue weighted by Gasteiger charge is 2.37. The lowest BCUT2D eigenvalue weighted by Crippen LogP contribution is -2.28. The van der Waals surface area contributed by atoms with Gasteiger partial charge < -0.3 is 5.11 Å². The summed E-state index contributed by atoms with van der Waals surface area (Å²) in [6, 6.07) is 14.7. The summed E-state index contributed by atoms with van der Waals surface area (Å²) in [5.74, 6) is -0.888. The Balaban J connectivity index is 2.01. The molecule has 0 radical (unpaired) electrons. The van der Waals surface area contributed by atoms with Crippen LogP contribution in [-0.4, -0.2) is 16.1 Å². The monoisotopic (exact) mass is 349 g/mol. The number of hydrogen-bond acceptors (Lipinski definition) is 4. The van der Waals surface area contributed by atoms with Crippen molar-refractivity contribution in [2.24, 2.45) is 0 Å². The topological polar surface area (TPSA) is 50.2 Å². The van der Waals surface area contributed by atoms with Crippen molar-refractivity contribution in [3.63, 3.8) is 0 Å². The van der Waals surface area contributed by atoms with E-state index < -0.39 is 10.7 Å². The molecule has 6 heteroatoms. The maximum atomic E-state index is 11.8. The van der Waals surface area contributed by atoms with Crippen LogP contribution in [0.5, 0.6) is 0 Å². The van der Waals surface area contributed by atoms with Crippen LogP contribution in [0.25, 0.3) is 10.2 Å². The first kappa shape index (κ1) is 15.3. The molecular weight excluding hydrogens is 338 g/mol. The summed E-state index contributed by atoms with van der Waals surface area (Å²) in [6.07, 6.45) is 0. The van der Waals surface area contributed by atoms with Gasteiger partial charge >= 0.3 is 5.97 Å². The third-order valence-electron chi connectivity index (χ3n) is 3.35. The zero-order valence-electron chi connectivity index (χ0n) is 11.6. The first-order valence-electron chi connectivity index (χ1n) is 6.53. The molecule has 0 spiro atoms. The summed E-state index contributed by atoms with van der Waals surface area (Å²) in [7, 11) is 0. The molecule has 3 rings (SSSR count). The van der Waals surface area contributed by atoms with E-state index in [1.807, 2.05) is 42.5 Å². The Morgan fingerprint density at radius 2 is 2.00 bits per heavy atom. The lowest BCUT2D eigenvalue weighted by Gasteiger charge is -2.23. The van der Waals surface area contributed by atoms with E-state index in [9.17, 15) is 9.90 Å². The molecule has 1 aromatic heterocycles. The van der Waals surface area contributed by atoms with Crippen LogP contribution in [-0.2, 0) is 9.54 Å². The number of hydrogen-bond donors (Lipinski definition) is 1. The lowest BCUT2D eigenvalue weighted by molar-refractivity contribution is -0.139.